The van der Waals surface area contributed by atoms with E-state index in [2.05, 4.69) is 0 Å². The van der Waals surface area contributed by atoms with E-state index in [1.54, 1.807) is 24.3 Å². The molecule has 0 aliphatic carbocycles. The van der Waals surface area contributed by atoms with Crippen LogP contribution < -0.4 is 9.64 Å². The van der Waals surface area contributed by atoms with Crippen molar-refractivity contribution in [2.45, 2.75) is 39.2 Å². The van der Waals surface area contributed by atoms with Crippen LogP contribution in [0.15, 0.2) is 78.9 Å². The van der Waals surface area contributed by atoms with Gasteiger partial charge in [0.05, 0.1) is 17.1 Å². The molecule has 0 saturated carbocycles. The number of aryl methyl sites for hydroxylation is 1. The van der Waals surface area contributed by atoms with Crippen molar-refractivity contribution < 1.29 is 19.1 Å². The molecule has 3 heterocycles. The van der Waals surface area contributed by atoms with Gasteiger partial charge in [-0.15, -0.1) is 0 Å². The van der Waals surface area contributed by atoms with Crippen molar-refractivity contribution in [1.29, 1.82) is 0 Å². The highest BCUT2D eigenvalue weighted by atomic mass is 16.5. The number of amides is 4. The van der Waals surface area contributed by atoms with Crippen LogP contribution in [0.5, 0.6) is 11.5 Å². The summed E-state index contributed by atoms with van der Waals surface area (Å²) < 4.78 is 7.90. The molecule has 0 radical (unpaired) electrons. The van der Waals surface area contributed by atoms with Gasteiger partial charge in [-0.05, 0) is 73.7 Å². The summed E-state index contributed by atoms with van der Waals surface area (Å²) >= 11 is 0. The van der Waals surface area contributed by atoms with Crippen LogP contribution in [-0.2, 0) is 16.6 Å². The average molecular weight is 580 g/mol. The summed E-state index contributed by atoms with van der Waals surface area (Å²) in [5.74, 6) is 2.18. The molecule has 4 aromatic rings. The number of urea groups is 1. The van der Waals surface area contributed by atoms with Gasteiger partial charge >= 0.3 is 6.03 Å². The Bertz CT molecular complexity index is 1620. The normalized spacial score (nSPS) is 16.9. The van der Waals surface area contributed by atoms with E-state index in [0.717, 1.165) is 29.6 Å². The Hall–Kier alpha value is -4.66. The molecule has 6 rings (SSSR count). The fraction of sp³-hybridized carbons (Fsp3) is 0.353. The highest BCUT2D eigenvalue weighted by molar-refractivity contribution is 6.12. The second-order valence-electron chi connectivity index (χ2n) is 11.7. The van der Waals surface area contributed by atoms with Gasteiger partial charge in [-0.2, -0.15) is 0 Å². The number of carbonyl (C=O) groups excluding carboxylic acids is 3. The topological polar surface area (TPSA) is 88.0 Å². The fourth-order valence-corrected chi connectivity index (χ4v) is 6.20. The molecule has 9 heteroatoms. The molecule has 2 fully saturated rings. The summed E-state index contributed by atoms with van der Waals surface area (Å²) in [6.07, 6.45) is 2.24. The maximum atomic E-state index is 14.0. The molecule has 222 valence electrons. The number of aromatic nitrogens is 2. The van der Waals surface area contributed by atoms with Crippen molar-refractivity contribution in [2.24, 2.45) is 18.9 Å². The van der Waals surface area contributed by atoms with Crippen LogP contribution >= 0.6 is 0 Å². The van der Waals surface area contributed by atoms with Gasteiger partial charge in [0.2, 0.25) is 5.91 Å². The van der Waals surface area contributed by atoms with E-state index in [9.17, 15) is 14.4 Å². The molecule has 1 aromatic heterocycles. The second kappa shape index (κ2) is 11.9. The molecule has 0 bridgehead atoms. The fourth-order valence-electron chi connectivity index (χ4n) is 6.20. The van der Waals surface area contributed by atoms with Crippen molar-refractivity contribution in [1.82, 2.24) is 19.4 Å². The molecule has 0 unspecified atom stereocenters. The van der Waals surface area contributed by atoms with Crippen LogP contribution in [-0.4, -0.2) is 56.8 Å². The number of rotatable bonds is 8. The smallest absolute Gasteiger partial charge is 0.332 e. The predicted molar refractivity (Wildman–Crippen MR) is 165 cm³/mol. The van der Waals surface area contributed by atoms with Gasteiger partial charge in [-0.3, -0.25) is 19.4 Å². The Morgan fingerprint density at radius 2 is 1.56 bits per heavy atom. The molecule has 2 aliphatic heterocycles. The Kier molecular flexibility index (Phi) is 7.88. The summed E-state index contributed by atoms with van der Waals surface area (Å²) in [5.41, 5.74) is 2.41. The number of nitrogens with zero attached hydrogens (tertiary/aromatic N) is 5. The van der Waals surface area contributed by atoms with E-state index >= 15 is 0 Å². The summed E-state index contributed by atoms with van der Waals surface area (Å²) in [6.45, 7) is 5.18. The number of likely N-dealkylation sites (tertiary alicyclic amines) is 1. The first kappa shape index (κ1) is 28.5. The van der Waals surface area contributed by atoms with Crippen LogP contribution in [0.4, 0.5) is 10.5 Å². The number of benzene rings is 3. The summed E-state index contributed by atoms with van der Waals surface area (Å²) in [4.78, 5) is 50.0. The highest BCUT2D eigenvalue weighted by Crippen LogP contribution is 2.37. The Balaban J connectivity index is 1.25. The molecular weight excluding hydrogens is 542 g/mol. The lowest BCUT2D eigenvalue weighted by Crippen LogP contribution is -2.42. The number of carbonyl (C=O) groups is 3. The molecule has 0 spiro atoms. The second-order valence-corrected chi connectivity index (χ2v) is 11.7. The van der Waals surface area contributed by atoms with E-state index in [0.29, 0.717) is 36.8 Å². The zero-order valence-electron chi connectivity index (χ0n) is 24.8. The van der Waals surface area contributed by atoms with Gasteiger partial charge in [0, 0.05) is 31.7 Å². The zero-order valence-corrected chi connectivity index (χ0v) is 24.8. The van der Waals surface area contributed by atoms with Gasteiger partial charge in [-0.1, -0.05) is 44.2 Å². The van der Waals surface area contributed by atoms with Gasteiger partial charge in [0.15, 0.2) is 0 Å². The molecule has 4 amide bonds. The Morgan fingerprint density at radius 3 is 2.23 bits per heavy atom. The van der Waals surface area contributed by atoms with E-state index < -0.39 is 6.04 Å². The number of hydrogen-bond donors (Lipinski definition) is 0. The molecule has 3 aromatic carbocycles. The quantitative estimate of drug-likeness (QED) is 0.233. The molecule has 2 aliphatic rings. The largest absolute Gasteiger partial charge is 0.457 e. The van der Waals surface area contributed by atoms with Gasteiger partial charge < -0.3 is 14.2 Å². The number of piperidine rings is 1. The van der Waals surface area contributed by atoms with E-state index in [-0.39, 0.29) is 36.2 Å². The number of hydrogen-bond acceptors (Lipinski definition) is 5. The Morgan fingerprint density at radius 1 is 0.907 bits per heavy atom. The zero-order chi connectivity index (χ0) is 30.1. The molecule has 1 atom stereocenters. The minimum Gasteiger partial charge on any atom is -0.457 e. The van der Waals surface area contributed by atoms with Crippen LogP contribution in [0.1, 0.15) is 45.0 Å². The maximum absolute atomic E-state index is 14.0. The number of imide groups is 1. The number of fused-ring (bicyclic) bond motifs is 1. The van der Waals surface area contributed by atoms with Crippen LogP contribution in [0.3, 0.4) is 0 Å². The first-order chi connectivity index (χ1) is 20.8. The number of imidazole rings is 1. The van der Waals surface area contributed by atoms with Crippen molar-refractivity contribution in [3.8, 4) is 11.5 Å². The third-order valence-electron chi connectivity index (χ3n) is 8.53. The minimum atomic E-state index is -0.527. The molecule has 9 nitrogen and oxygen atoms in total. The van der Waals surface area contributed by atoms with E-state index in [1.165, 1.54) is 9.80 Å². The first-order valence-electron chi connectivity index (χ1n) is 15.0. The molecular formula is C34H37N5O4. The van der Waals surface area contributed by atoms with E-state index in [1.807, 2.05) is 85.0 Å². The van der Waals surface area contributed by atoms with Crippen LogP contribution in [0.25, 0.3) is 11.0 Å². The van der Waals surface area contributed by atoms with Crippen molar-refractivity contribution >= 4 is 34.6 Å². The molecule has 2 saturated heterocycles. The monoisotopic (exact) mass is 579 g/mol. The third-order valence-corrected chi connectivity index (χ3v) is 8.53. The lowest BCUT2D eigenvalue weighted by molar-refractivity contribution is -0.135. The average Bonchev–Trinajstić information content (AvgIpc) is 3.51. The summed E-state index contributed by atoms with van der Waals surface area (Å²) in [6, 6.07) is 23.7. The molecule has 43 heavy (non-hydrogen) atoms. The van der Waals surface area contributed by atoms with Crippen molar-refractivity contribution in [3.05, 3.63) is 84.7 Å². The van der Waals surface area contributed by atoms with Gasteiger partial charge in [0.1, 0.15) is 23.9 Å². The molecule has 0 N–H and O–H groups in total. The first-order valence-corrected chi connectivity index (χ1v) is 15.0. The third kappa shape index (κ3) is 5.71. The number of para-hydroxylation sites is 3. The lowest BCUT2D eigenvalue weighted by atomic mass is 9.89. The van der Waals surface area contributed by atoms with Crippen LogP contribution in [0, 0.1) is 11.8 Å². The number of ether oxygens (including phenoxy) is 1. The summed E-state index contributed by atoms with van der Waals surface area (Å²) in [7, 11) is 1.94. The number of anilines is 1. The van der Waals surface area contributed by atoms with Crippen LogP contribution in [0.2, 0.25) is 0 Å². The summed E-state index contributed by atoms with van der Waals surface area (Å²) in [5, 5.41) is 0. The van der Waals surface area contributed by atoms with Gasteiger partial charge in [-0.25, -0.2) is 9.78 Å². The van der Waals surface area contributed by atoms with Crippen molar-refractivity contribution in [2.75, 3.05) is 24.5 Å². The maximum Gasteiger partial charge on any atom is 0.332 e. The minimum absolute atomic E-state index is 0.0333. The highest BCUT2D eigenvalue weighted by Gasteiger charge is 2.44. The van der Waals surface area contributed by atoms with E-state index in [4.69, 9.17) is 9.72 Å². The standard InChI is InChI=1S/C34H37N5O4/c1-23(2)33(41)37-19-17-24(18-20-37)21-30(32-35-28-11-7-8-12-29(28)36(32)3)39-31(40)22-38(34(39)42)25-13-15-27(16-14-25)43-26-9-5-4-6-10-26/h4-16,23-24,30H,17-22H2,1-3H3/t30-/m0/s1. The lowest BCUT2D eigenvalue weighted by Gasteiger charge is -2.36. The SMILES string of the molecule is CC(C)C(=O)N1CCC(C[C@@H](c2nc3ccccc3n2C)N2C(=O)CN(c3ccc(Oc4ccccc4)cc3)C2=O)CC1. The predicted octanol–water partition coefficient (Wildman–Crippen LogP) is 6.16. The van der Waals surface area contributed by atoms with Crippen molar-refractivity contribution in [3.63, 3.8) is 0 Å². The van der Waals surface area contributed by atoms with Gasteiger partial charge in [0.25, 0.3) is 5.91 Å². The Labute approximate surface area is 251 Å².